The van der Waals surface area contributed by atoms with Gasteiger partial charge in [-0.25, -0.2) is 0 Å². The molecule has 1 rings (SSSR count). The Morgan fingerprint density at radius 1 is 1.38 bits per heavy atom. The fraction of sp³-hybridized carbons (Fsp3) is 0.417. The summed E-state index contributed by atoms with van der Waals surface area (Å²) in [7, 11) is 0. The van der Waals surface area contributed by atoms with Gasteiger partial charge in [-0.2, -0.15) is 0 Å². The van der Waals surface area contributed by atoms with E-state index in [0.29, 0.717) is 12.8 Å². The van der Waals surface area contributed by atoms with Crippen molar-refractivity contribution in [1.29, 1.82) is 0 Å². The van der Waals surface area contributed by atoms with Crippen molar-refractivity contribution in [2.24, 2.45) is 0 Å². The third kappa shape index (κ3) is 2.80. The zero-order valence-corrected chi connectivity index (χ0v) is 11.8. The molecule has 0 radical (unpaired) electrons. The molecule has 0 saturated heterocycles. The predicted molar refractivity (Wildman–Crippen MR) is 70.9 cm³/mol. The Labute approximate surface area is 109 Å². The number of benzene rings is 1. The molecule has 0 saturated carbocycles. The van der Waals surface area contributed by atoms with E-state index in [0.717, 1.165) is 9.37 Å². The van der Waals surface area contributed by atoms with Crippen LogP contribution in [0.2, 0.25) is 0 Å². The summed E-state index contributed by atoms with van der Waals surface area (Å²) >= 11 is 4.87. The molecule has 0 unspecified atom stereocenters. The fourth-order valence-electron chi connectivity index (χ4n) is 1.48. The lowest BCUT2D eigenvalue weighted by atomic mass is 10.0. The van der Waals surface area contributed by atoms with Gasteiger partial charge in [-0.1, -0.05) is 26.0 Å². The van der Waals surface area contributed by atoms with Crippen molar-refractivity contribution in [3.8, 4) is 0 Å². The van der Waals surface area contributed by atoms with Crippen LogP contribution < -0.4 is 0 Å². The molecular weight excluding hydrogens is 288 g/mol. The highest BCUT2D eigenvalue weighted by atomic mass is 79.9. The van der Waals surface area contributed by atoms with Crippen LogP contribution in [0.3, 0.4) is 0 Å². The minimum Gasteiger partial charge on any atom is -0.480 e. The van der Waals surface area contributed by atoms with Crippen molar-refractivity contribution in [3.05, 3.63) is 28.7 Å². The molecule has 1 N–H and O–H groups in total. The summed E-state index contributed by atoms with van der Waals surface area (Å²) in [5.41, 5.74) is 0. The molecule has 0 spiro atoms. The summed E-state index contributed by atoms with van der Waals surface area (Å²) in [5, 5.41) is 9.34. The molecule has 0 aromatic heterocycles. The van der Waals surface area contributed by atoms with E-state index in [9.17, 15) is 9.90 Å². The van der Waals surface area contributed by atoms with Gasteiger partial charge in [0.2, 0.25) is 0 Å². The van der Waals surface area contributed by atoms with Gasteiger partial charge in [0.25, 0.3) is 0 Å². The molecule has 0 atom stereocenters. The molecule has 0 bridgehead atoms. The van der Waals surface area contributed by atoms with Crippen molar-refractivity contribution in [1.82, 2.24) is 0 Å². The predicted octanol–water partition coefficient (Wildman–Crippen LogP) is 4.18. The lowest BCUT2D eigenvalue weighted by molar-refractivity contribution is -0.140. The van der Waals surface area contributed by atoms with Gasteiger partial charge in [0.1, 0.15) is 4.75 Å². The number of halogens is 1. The normalized spacial score (nSPS) is 11.4. The van der Waals surface area contributed by atoms with Crippen LogP contribution in [0, 0.1) is 0 Å². The maximum absolute atomic E-state index is 11.4. The molecule has 0 aliphatic carbocycles. The molecule has 1 aromatic rings. The van der Waals surface area contributed by atoms with E-state index in [1.165, 1.54) is 11.8 Å². The number of carboxylic acids is 1. The third-order valence-electron chi connectivity index (χ3n) is 2.67. The van der Waals surface area contributed by atoms with Gasteiger partial charge in [-0.05, 0) is 40.9 Å². The van der Waals surface area contributed by atoms with E-state index in [1.807, 2.05) is 38.1 Å². The number of hydrogen-bond donors (Lipinski definition) is 1. The van der Waals surface area contributed by atoms with E-state index < -0.39 is 10.7 Å². The average Bonchev–Trinajstić information content (AvgIpc) is 2.28. The Balaban J connectivity index is 3.01. The first-order valence-corrected chi connectivity index (χ1v) is 6.83. The van der Waals surface area contributed by atoms with Gasteiger partial charge in [0.15, 0.2) is 0 Å². The molecular formula is C12H15BrO2S. The monoisotopic (exact) mass is 302 g/mol. The van der Waals surface area contributed by atoms with Gasteiger partial charge in [-0.15, -0.1) is 11.8 Å². The topological polar surface area (TPSA) is 37.3 Å². The number of thioether (sulfide) groups is 1. The highest BCUT2D eigenvalue weighted by Gasteiger charge is 2.36. The highest BCUT2D eigenvalue weighted by Crippen LogP contribution is 2.41. The number of carboxylic acid groups (broad SMARTS) is 1. The van der Waals surface area contributed by atoms with Crippen LogP contribution in [0.15, 0.2) is 33.6 Å². The van der Waals surface area contributed by atoms with Crippen molar-refractivity contribution >= 4 is 33.7 Å². The summed E-state index contributed by atoms with van der Waals surface area (Å²) in [6.07, 6.45) is 1.23. The summed E-state index contributed by atoms with van der Waals surface area (Å²) in [6.45, 7) is 3.84. The standard InChI is InChI=1S/C12H15BrO2S/c1-3-12(4-2,11(14)15)16-10-8-6-5-7-9(10)13/h5-8H,3-4H2,1-2H3,(H,14,15). The maximum atomic E-state index is 11.4. The molecule has 0 aliphatic rings. The van der Waals surface area contributed by atoms with Gasteiger partial charge >= 0.3 is 5.97 Å². The molecule has 16 heavy (non-hydrogen) atoms. The van der Waals surface area contributed by atoms with Crippen molar-refractivity contribution in [2.45, 2.75) is 36.3 Å². The minimum absolute atomic E-state index is 0.616. The first-order valence-electron chi connectivity index (χ1n) is 5.22. The minimum atomic E-state index is -0.738. The summed E-state index contributed by atoms with van der Waals surface area (Å²) in [6, 6.07) is 7.72. The Hall–Kier alpha value is -0.480. The third-order valence-corrected chi connectivity index (χ3v) is 5.35. The number of hydrogen-bond acceptors (Lipinski definition) is 2. The maximum Gasteiger partial charge on any atom is 0.320 e. The van der Waals surface area contributed by atoms with E-state index in [1.54, 1.807) is 0 Å². The lowest BCUT2D eigenvalue weighted by Gasteiger charge is -2.26. The first-order chi connectivity index (χ1) is 7.55. The Bertz CT molecular complexity index is 375. The van der Waals surface area contributed by atoms with Crippen molar-refractivity contribution in [2.75, 3.05) is 0 Å². The molecule has 2 nitrogen and oxygen atoms in total. The quantitative estimate of drug-likeness (QED) is 0.829. The SMILES string of the molecule is CCC(CC)(Sc1ccccc1Br)C(=O)O. The largest absolute Gasteiger partial charge is 0.480 e. The Kier molecular flexibility index (Phi) is 4.87. The van der Waals surface area contributed by atoms with E-state index >= 15 is 0 Å². The Morgan fingerprint density at radius 3 is 2.38 bits per heavy atom. The van der Waals surface area contributed by atoms with Crippen LogP contribution in [0.5, 0.6) is 0 Å². The summed E-state index contributed by atoms with van der Waals surface area (Å²) in [5.74, 6) is -0.738. The fourth-order valence-corrected chi connectivity index (χ4v) is 3.12. The van der Waals surface area contributed by atoms with Crippen LogP contribution in [0.25, 0.3) is 0 Å². The smallest absolute Gasteiger partial charge is 0.320 e. The van der Waals surface area contributed by atoms with Crippen molar-refractivity contribution in [3.63, 3.8) is 0 Å². The van der Waals surface area contributed by atoms with Crippen LogP contribution in [-0.4, -0.2) is 15.8 Å². The molecule has 4 heteroatoms. The number of aliphatic carboxylic acids is 1. The Morgan fingerprint density at radius 2 is 1.94 bits per heavy atom. The van der Waals surface area contributed by atoms with Gasteiger partial charge < -0.3 is 5.11 Å². The van der Waals surface area contributed by atoms with Gasteiger partial charge in [-0.3, -0.25) is 4.79 Å². The molecule has 88 valence electrons. The summed E-state index contributed by atoms with van der Waals surface area (Å²) in [4.78, 5) is 12.3. The molecule has 0 amide bonds. The van der Waals surface area contributed by atoms with Gasteiger partial charge in [0.05, 0.1) is 0 Å². The van der Waals surface area contributed by atoms with Crippen LogP contribution in [-0.2, 0) is 4.79 Å². The van der Waals surface area contributed by atoms with Crippen LogP contribution >= 0.6 is 27.7 Å². The van der Waals surface area contributed by atoms with Gasteiger partial charge in [0, 0.05) is 9.37 Å². The molecule has 0 aliphatic heterocycles. The van der Waals surface area contributed by atoms with Crippen molar-refractivity contribution < 1.29 is 9.90 Å². The number of carbonyl (C=O) groups is 1. The second kappa shape index (κ2) is 5.73. The summed E-state index contributed by atoms with van der Waals surface area (Å²) < 4.78 is 0.233. The van der Waals surface area contributed by atoms with Crippen LogP contribution in [0.1, 0.15) is 26.7 Å². The zero-order chi connectivity index (χ0) is 12.2. The van der Waals surface area contributed by atoms with Crippen LogP contribution in [0.4, 0.5) is 0 Å². The molecule has 1 aromatic carbocycles. The average molecular weight is 303 g/mol. The highest BCUT2D eigenvalue weighted by molar-refractivity contribution is 9.10. The second-order valence-electron chi connectivity index (χ2n) is 3.54. The second-order valence-corrected chi connectivity index (χ2v) is 5.82. The van der Waals surface area contributed by atoms with E-state index in [4.69, 9.17) is 0 Å². The molecule has 0 heterocycles. The van der Waals surface area contributed by atoms with E-state index in [2.05, 4.69) is 15.9 Å². The van der Waals surface area contributed by atoms with E-state index in [-0.39, 0.29) is 0 Å². The first kappa shape index (κ1) is 13.6. The number of rotatable bonds is 5. The lowest BCUT2D eigenvalue weighted by Crippen LogP contribution is -2.33. The zero-order valence-electron chi connectivity index (χ0n) is 9.37. The molecule has 0 fully saturated rings.